The third-order valence-electron chi connectivity index (χ3n) is 4.02. The van der Waals surface area contributed by atoms with Gasteiger partial charge < -0.3 is 15.3 Å². The van der Waals surface area contributed by atoms with Crippen molar-refractivity contribution < 1.29 is 14.7 Å². The summed E-state index contributed by atoms with van der Waals surface area (Å²) in [7, 11) is 0. The predicted octanol–water partition coefficient (Wildman–Crippen LogP) is 1.79. The monoisotopic (exact) mass is 312 g/mol. The molecular formula is C17H32N2O3. The number of hydrogen-bond donors (Lipinski definition) is 2. The number of carbonyl (C=O) groups excluding carboxylic acids is 2. The second-order valence-corrected chi connectivity index (χ2v) is 8.49. The fourth-order valence-corrected chi connectivity index (χ4v) is 2.74. The van der Waals surface area contributed by atoms with Crippen LogP contribution in [0.1, 0.15) is 54.4 Å². The molecule has 2 unspecified atom stereocenters. The van der Waals surface area contributed by atoms with Crippen LogP contribution in [0.25, 0.3) is 0 Å². The minimum absolute atomic E-state index is 0.00491. The number of aliphatic hydroxyl groups is 1. The Labute approximate surface area is 134 Å². The van der Waals surface area contributed by atoms with Gasteiger partial charge in [-0.25, -0.2) is 0 Å². The summed E-state index contributed by atoms with van der Waals surface area (Å²) in [6, 6.07) is -0.0386. The summed E-state index contributed by atoms with van der Waals surface area (Å²) in [5, 5.41) is 12.3. The van der Waals surface area contributed by atoms with Gasteiger partial charge in [0.15, 0.2) is 0 Å². The lowest BCUT2D eigenvalue weighted by molar-refractivity contribution is -0.143. The van der Waals surface area contributed by atoms with Gasteiger partial charge in [-0.05, 0) is 18.8 Å². The van der Waals surface area contributed by atoms with Gasteiger partial charge in [-0.1, -0.05) is 41.5 Å². The fraction of sp³-hybridized carbons (Fsp3) is 0.882. The molecule has 1 aliphatic heterocycles. The standard InChI is InChI=1S/C17H32N2O3/c1-16(2,3)14(21)18-13-9-12(7-8-20)10-19(11-13)15(22)17(4,5)6/h12-13,20H,7-11H2,1-6H3,(H,18,21). The van der Waals surface area contributed by atoms with Gasteiger partial charge >= 0.3 is 0 Å². The molecule has 0 bridgehead atoms. The van der Waals surface area contributed by atoms with Crippen LogP contribution in [0.2, 0.25) is 0 Å². The van der Waals surface area contributed by atoms with Crippen molar-refractivity contribution in [1.82, 2.24) is 10.2 Å². The molecule has 128 valence electrons. The van der Waals surface area contributed by atoms with Gasteiger partial charge in [0.25, 0.3) is 0 Å². The first-order valence-corrected chi connectivity index (χ1v) is 8.16. The number of hydrogen-bond acceptors (Lipinski definition) is 3. The van der Waals surface area contributed by atoms with Crippen LogP contribution in [0.4, 0.5) is 0 Å². The summed E-state index contributed by atoms with van der Waals surface area (Å²) in [5.74, 6) is 0.339. The van der Waals surface area contributed by atoms with E-state index in [0.29, 0.717) is 19.5 Å². The zero-order valence-corrected chi connectivity index (χ0v) is 14.9. The van der Waals surface area contributed by atoms with Crippen LogP contribution in [-0.4, -0.2) is 47.6 Å². The number of carbonyl (C=O) groups is 2. The number of likely N-dealkylation sites (tertiary alicyclic amines) is 1. The second kappa shape index (κ2) is 6.99. The maximum Gasteiger partial charge on any atom is 0.228 e. The maximum atomic E-state index is 12.5. The average Bonchev–Trinajstić information content (AvgIpc) is 2.35. The summed E-state index contributed by atoms with van der Waals surface area (Å²) in [6.45, 7) is 12.7. The van der Waals surface area contributed by atoms with Crippen LogP contribution in [0.3, 0.4) is 0 Å². The zero-order chi connectivity index (χ0) is 17.1. The summed E-state index contributed by atoms with van der Waals surface area (Å²) in [4.78, 5) is 26.6. The van der Waals surface area contributed by atoms with Gasteiger partial charge in [-0.3, -0.25) is 9.59 Å². The van der Waals surface area contributed by atoms with E-state index >= 15 is 0 Å². The highest BCUT2D eigenvalue weighted by molar-refractivity contribution is 5.83. The average molecular weight is 312 g/mol. The number of nitrogens with zero attached hydrogens (tertiary/aromatic N) is 1. The van der Waals surface area contributed by atoms with Gasteiger partial charge in [0.2, 0.25) is 11.8 Å². The molecule has 0 radical (unpaired) electrons. The lowest BCUT2D eigenvalue weighted by Gasteiger charge is -2.41. The van der Waals surface area contributed by atoms with Crippen molar-refractivity contribution in [3.05, 3.63) is 0 Å². The largest absolute Gasteiger partial charge is 0.396 e. The molecule has 1 aliphatic rings. The molecule has 1 saturated heterocycles. The first-order chi connectivity index (χ1) is 9.95. The first kappa shape index (κ1) is 18.9. The first-order valence-electron chi connectivity index (χ1n) is 8.16. The lowest BCUT2D eigenvalue weighted by atomic mass is 9.87. The Morgan fingerprint density at radius 2 is 1.68 bits per heavy atom. The summed E-state index contributed by atoms with van der Waals surface area (Å²) >= 11 is 0. The lowest BCUT2D eigenvalue weighted by Crippen LogP contribution is -2.56. The molecule has 2 atom stereocenters. The van der Waals surface area contributed by atoms with Gasteiger partial charge in [-0.15, -0.1) is 0 Å². The van der Waals surface area contributed by atoms with Crippen LogP contribution >= 0.6 is 0 Å². The number of amides is 2. The second-order valence-electron chi connectivity index (χ2n) is 8.49. The summed E-state index contributed by atoms with van der Waals surface area (Å²) in [5.41, 5.74) is -0.873. The van der Waals surface area contributed by atoms with Crippen molar-refractivity contribution in [2.24, 2.45) is 16.7 Å². The van der Waals surface area contributed by atoms with Gasteiger partial charge in [0, 0.05) is 36.6 Å². The number of aliphatic hydroxyl groups excluding tert-OH is 1. The van der Waals surface area contributed by atoms with Gasteiger partial charge in [-0.2, -0.15) is 0 Å². The highest BCUT2D eigenvalue weighted by Gasteiger charge is 2.36. The molecule has 0 saturated carbocycles. The van der Waals surface area contributed by atoms with Crippen LogP contribution < -0.4 is 5.32 Å². The Balaban J connectivity index is 2.81. The SMILES string of the molecule is CC(C)(C)C(=O)NC1CC(CCO)CN(C(=O)C(C)(C)C)C1. The fourth-order valence-electron chi connectivity index (χ4n) is 2.74. The van der Waals surface area contributed by atoms with Crippen molar-refractivity contribution in [2.75, 3.05) is 19.7 Å². The van der Waals surface area contributed by atoms with E-state index in [-0.39, 0.29) is 30.4 Å². The van der Waals surface area contributed by atoms with Gasteiger partial charge in [0.1, 0.15) is 0 Å². The molecule has 5 nitrogen and oxygen atoms in total. The minimum Gasteiger partial charge on any atom is -0.396 e. The van der Waals surface area contributed by atoms with E-state index in [2.05, 4.69) is 5.32 Å². The molecular weight excluding hydrogens is 280 g/mol. The Morgan fingerprint density at radius 3 is 2.14 bits per heavy atom. The van der Waals surface area contributed by atoms with E-state index in [4.69, 9.17) is 0 Å². The molecule has 1 fully saturated rings. The number of piperidine rings is 1. The quantitative estimate of drug-likeness (QED) is 0.835. The molecule has 0 aromatic carbocycles. The molecule has 1 heterocycles. The van der Waals surface area contributed by atoms with Crippen LogP contribution in [0, 0.1) is 16.7 Å². The van der Waals surface area contributed by atoms with Crippen LogP contribution in [0.15, 0.2) is 0 Å². The summed E-state index contributed by atoms with van der Waals surface area (Å²) < 4.78 is 0. The molecule has 0 aromatic heterocycles. The van der Waals surface area contributed by atoms with E-state index in [0.717, 1.165) is 6.42 Å². The van der Waals surface area contributed by atoms with Crippen molar-refractivity contribution in [1.29, 1.82) is 0 Å². The smallest absolute Gasteiger partial charge is 0.228 e. The molecule has 0 aromatic rings. The predicted molar refractivity (Wildman–Crippen MR) is 87.2 cm³/mol. The highest BCUT2D eigenvalue weighted by atomic mass is 16.3. The van der Waals surface area contributed by atoms with Gasteiger partial charge in [0.05, 0.1) is 0 Å². The Bertz CT molecular complexity index is 407. The number of nitrogens with one attached hydrogen (secondary N) is 1. The third kappa shape index (κ3) is 5.27. The van der Waals surface area contributed by atoms with Crippen molar-refractivity contribution >= 4 is 11.8 Å². The molecule has 2 N–H and O–H groups in total. The topological polar surface area (TPSA) is 69.6 Å². The van der Waals surface area contributed by atoms with Crippen LogP contribution in [0.5, 0.6) is 0 Å². The molecule has 1 rings (SSSR count). The molecule has 2 amide bonds. The Kier molecular flexibility index (Phi) is 6.02. The van der Waals surface area contributed by atoms with E-state index in [9.17, 15) is 14.7 Å². The van der Waals surface area contributed by atoms with Crippen molar-refractivity contribution in [3.8, 4) is 0 Å². The molecule has 5 heteroatoms. The molecule has 0 aliphatic carbocycles. The zero-order valence-electron chi connectivity index (χ0n) is 14.9. The highest BCUT2D eigenvalue weighted by Crippen LogP contribution is 2.26. The Hall–Kier alpha value is -1.10. The van der Waals surface area contributed by atoms with E-state index in [1.807, 2.05) is 46.4 Å². The summed E-state index contributed by atoms with van der Waals surface area (Å²) in [6.07, 6.45) is 1.48. The van der Waals surface area contributed by atoms with E-state index < -0.39 is 10.8 Å². The maximum absolute atomic E-state index is 12.5. The van der Waals surface area contributed by atoms with Crippen LogP contribution in [-0.2, 0) is 9.59 Å². The minimum atomic E-state index is -0.442. The third-order valence-corrected chi connectivity index (χ3v) is 4.02. The Morgan fingerprint density at radius 1 is 1.09 bits per heavy atom. The van der Waals surface area contributed by atoms with E-state index in [1.165, 1.54) is 0 Å². The molecule has 0 spiro atoms. The normalized spacial score (nSPS) is 23.3. The van der Waals surface area contributed by atoms with Crippen molar-refractivity contribution in [2.45, 2.75) is 60.4 Å². The molecule has 22 heavy (non-hydrogen) atoms. The van der Waals surface area contributed by atoms with Crippen molar-refractivity contribution in [3.63, 3.8) is 0 Å². The van der Waals surface area contributed by atoms with E-state index in [1.54, 1.807) is 0 Å². The number of rotatable bonds is 3.